The number of fused-ring (bicyclic) bond motifs is 6. The van der Waals surface area contributed by atoms with Crippen molar-refractivity contribution in [3.63, 3.8) is 0 Å². The number of nitrogens with zero attached hydrogens (tertiary/aromatic N) is 2. The van der Waals surface area contributed by atoms with Gasteiger partial charge in [-0.25, -0.2) is 19.2 Å². The molecule has 87 heavy (non-hydrogen) atoms. The third-order valence-electron chi connectivity index (χ3n) is 15.6. The van der Waals surface area contributed by atoms with Crippen molar-refractivity contribution in [2.24, 2.45) is 17.6 Å². The largest absolute Gasteiger partial charge is 0.495 e. The third kappa shape index (κ3) is 18.1. The van der Waals surface area contributed by atoms with Gasteiger partial charge >= 0.3 is 24.2 Å². The number of epoxide rings is 1. The SMILES string of the molecule is C=C(CBr)C(=O)OC(C)(C)CCCCC(=O)N[C@H](C(=O)N[C@@H](CCCNC(N)=O)C(=O)Nc1ccc(NC(=O)O[C@H]2CC(=O)N(C)c3cc(cc(OC)c3Cl)C/C(C)=C/C=C/[C@@H](OC)[C@@]3(O)C[C@H](OC(=O)N3)[C@@H](C)[C@@H]3O[C@@]23C)c2ncccc12)C(C)C. The molecule has 0 unspecified atom stereocenters. The zero-order valence-corrected chi connectivity index (χ0v) is 53.1. The molecule has 4 heterocycles. The highest BCUT2D eigenvalue weighted by molar-refractivity contribution is 9.09. The van der Waals surface area contributed by atoms with Crippen LogP contribution in [0.5, 0.6) is 5.75 Å². The zero-order valence-electron chi connectivity index (χ0n) is 50.8. The number of primary amides is 1. The number of aromatic nitrogens is 1. The lowest BCUT2D eigenvalue weighted by atomic mass is 9.83. The predicted molar refractivity (Wildman–Crippen MR) is 330 cm³/mol. The van der Waals surface area contributed by atoms with Gasteiger partial charge in [-0.15, -0.1) is 0 Å². The minimum atomic E-state index is -1.91. The Balaban J connectivity index is 1.22. The van der Waals surface area contributed by atoms with Gasteiger partial charge in [-0.3, -0.25) is 34.8 Å². The van der Waals surface area contributed by atoms with Crippen LogP contribution in [-0.2, 0) is 54.1 Å². The molecule has 2 saturated heterocycles. The molecule has 24 nitrogen and oxygen atoms in total. The number of carbonyl (C=O) groups is 8. The molecule has 9 atom stereocenters. The smallest absolute Gasteiger partial charge is 0.412 e. The Morgan fingerprint density at radius 3 is 2.45 bits per heavy atom. The number of alkyl halides is 1. The van der Waals surface area contributed by atoms with Crippen molar-refractivity contribution in [1.82, 2.24) is 26.3 Å². The average molecular weight is 1300 g/mol. The summed E-state index contributed by atoms with van der Waals surface area (Å²) < 4.78 is 35.2. The summed E-state index contributed by atoms with van der Waals surface area (Å²) in [6, 6.07) is 6.77. The van der Waals surface area contributed by atoms with Gasteiger partial charge in [-0.05, 0) is 114 Å². The molecule has 1 aromatic heterocycles. The van der Waals surface area contributed by atoms with E-state index in [0.29, 0.717) is 42.5 Å². The summed E-state index contributed by atoms with van der Waals surface area (Å²) in [6.07, 6.45) is 2.30. The number of halogens is 2. The van der Waals surface area contributed by atoms with E-state index in [1.807, 2.05) is 13.0 Å². The van der Waals surface area contributed by atoms with Gasteiger partial charge in [0.05, 0.1) is 42.2 Å². The molecule has 9 N–H and O–H groups in total. The monoisotopic (exact) mass is 1290 g/mol. The van der Waals surface area contributed by atoms with Gasteiger partial charge in [0, 0.05) is 61.9 Å². The van der Waals surface area contributed by atoms with Crippen LogP contribution in [0.1, 0.15) is 105 Å². The number of unbranched alkanes of at least 4 members (excludes halogenated alkanes) is 1. The maximum atomic E-state index is 14.6. The van der Waals surface area contributed by atoms with E-state index in [9.17, 15) is 43.5 Å². The standard InChI is InChI=1S/C61H81BrClN9O15/c1-33(2)50(70-47(73)21-12-13-24-59(6,7)87-55(77)35(4)32-62)54(76)68-41(19-16-26-66-56(64)78)53(75)67-39-22-23-40(51-38(39)18-15-25-65-51)69-57(79)85-46-30-48(74)72(9)42-28-37(29-43(82-10)49(42)63)27-34(3)17-14-20-45(83-11)61(81)31-44(84-58(80)71-61)36(5)52-60(46,8)86-52/h14-15,17-18,20,22-23,25,28-29,33,36,41,44-46,50,52,81H,4,12-13,16,19,21,24,26-27,30-32H2,1-3,5-11H3,(H,67,75)(H,68,76)(H,69,79)(H,70,73)(H,71,80)(H3,64,66,78)/b20-14+,34-17+/t36-,41+,44+,45-,46+,50+,52+,60+,61+/m1/s1. The maximum Gasteiger partial charge on any atom is 0.412 e. The summed E-state index contributed by atoms with van der Waals surface area (Å²) in [5, 5.41) is 29.0. The van der Waals surface area contributed by atoms with Gasteiger partial charge in [0.15, 0.2) is 5.72 Å². The van der Waals surface area contributed by atoms with E-state index >= 15 is 0 Å². The molecule has 3 aliphatic heterocycles. The Kier molecular flexibility index (Phi) is 23.8. The molecule has 0 aliphatic carbocycles. The number of pyridine rings is 1. The van der Waals surface area contributed by atoms with E-state index in [1.165, 1.54) is 44.5 Å². The third-order valence-corrected chi connectivity index (χ3v) is 16.6. The Morgan fingerprint density at radius 2 is 1.77 bits per heavy atom. The number of rotatable bonds is 22. The molecule has 0 radical (unpaired) electrons. The molecule has 4 bridgehead atoms. The number of anilines is 3. The number of carbonyl (C=O) groups excluding carboxylic acids is 8. The van der Waals surface area contributed by atoms with Crippen LogP contribution < -0.4 is 47.3 Å². The van der Waals surface area contributed by atoms with Crippen LogP contribution in [0.25, 0.3) is 10.9 Å². The second kappa shape index (κ2) is 30.1. The molecule has 0 spiro atoms. The minimum absolute atomic E-state index is 0.0331. The molecule has 474 valence electrons. The van der Waals surface area contributed by atoms with E-state index in [4.69, 9.17) is 45.8 Å². The van der Waals surface area contributed by atoms with Crippen LogP contribution in [0.4, 0.5) is 31.4 Å². The lowest BCUT2D eigenvalue weighted by molar-refractivity contribution is -0.152. The van der Waals surface area contributed by atoms with Crippen LogP contribution in [0.3, 0.4) is 0 Å². The van der Waals surface area contributed by atoms with E-state index in [2.05, 4.69) is 59.4 Å². The van der Waals surface area contributed by atoms with E-state index in [-0.39, 0.29) is 65.0 Å². The number of urea groups is 1. The number of allylic oxidation sites excluding steroid dienone is 3. The Labute approximate surface area is 519 Å². The second-order valence-electron chi connectivity index (χ2n) is 23.2. The van der Waals surface area contributed by atoms with E-state index in [0.717, 1.165) is 11.1 Å². The van der Waals surface area contributed by atoms with Gasteiger partial charge in [0.25, 0.3) is 0 Å². The van der Waals surface area contributed by atoms with Crippen LogP contribution in [-0.4, -0.2) is 144 Å². The maximum absolute atomic E-state index is 14.6. The molecule has 3 aromatic rings. The summed E-state index contributed by atoms with van der Waals surface area (Å²) in [5.41, 5.74) is 4.04. The lowest BCUT2D eigenvalue weighted by Crippen LogP contribution is -2.63. The Hall–Kier alpha value is -7.32. The van der Waals surface area contributed by atoms with Gasteiger partial charge in [0.2, 0.25) is 23.6 Å². The van der Waals surface area contributed by atoms with Crippen molar-refractivity contribution in [2.45, 2.75) is 160 Å². The second-order valence-corrected chi connectivity index (χ2v) is 24.2. The number of hydrogen-bond acceptors (Lipinski definition) is 16. The lowest BCUT2D eigenvalue weighted by Gasteiger charge is -2.42. The number of nitrogens with one attached hydrogen (secondary N) is 6. The van der Waals surface area contributed by atoms with Crippen molar-refractivity contribution in [3.05, 3.63) is 89.1 Å². The molecule has 2 fully saturated rings. The van der Waals surface area contributed by atoms with Crippen LogP contribution in [0.15, 0.2) is 78.5 Å². The highest BCUT2D eigenvalue weighted by Gasteiger charge is 2.64. The van der Waals surface area contributed by atoms with Crippen LogP contribution in [0, 0.1) is 11.8 Å². The van der Waals surface area contributed by atoms with Gasteiger partial charge in [0.1, 0.15) is 52.4 Å². The first-order valence-corrected chi connectivity index (χ1v) is 30.2. The average Bonchev–Trinajstić information content (AvgIpc) is 1.61. The van der Waals surface area contributed by atoms with Crippen LogP contribution >= 0.6 is 27.5 Å². The number of nitrogens with two attached hydrogens (primary N) is 1. The van der Waals surface area contributed by atoms with E-state index < -0.39 is 119 Å². The fourth-order valence-corrected chi connectivity index (χ4v) is 11.1. The fraction of sp³-hybridized carbons (Fsp3) is 0.525. The Bertz CT molecular complexity index is 3140. The highest BCUT2D eigenvalue weighted by atomic mass is 79.9. The van der Waals surface area contributed by atoms with Crippen molar-refractivity contribution in [3.8, 4) is 5.75 Å². The molecular weight excluding hydrogens is 1210 g/mol. The van der Waals surface area contributed by atoms with Gasteiger partial charge in [-0.1, -0.05) is 78.7 Å². The molecular formula is C61H81BrClN9O15. The number of hydrogen-bond donors (Lipinski definition) is 8. The number of esters is 1. The van der Waals surface area contributed by atoms with Gasteiger partial charge in [-0.2, -0.15) is 0 Å². The fourth-order valence-electron chi connectivity index (χ4n) is 10.6. The Morgan fingerprint density at radius 1 is 1.05 bits per heavy atom. The predicted octanol–water partition coefficient (Wildman–Crippen LogP) is 7.77. The molecule has 8 amide bonds. The molecule has 2 aromatic carbocycles. The summed E-state index contributed by atoms with van der Waals surface area (Å²) in [6.45, 7) is 16.1. The van der Waals surface area contributed by atoms with Crippen LogP contribution in [0.2, 0.25) is 5.02 Å². The van der Waals surface area contributed by atoms with E-state index in [1.54, 1.807) is 78.0 Å². The molecule has 3 aliphatic rings. The number of ether oxygens (including phenoxy) is 6. The highest BCUT2D eigenvalue weighted by Crippen LogP contribution is 2.49. The summed E-state index contributed by atoms with van der Waals surface area (Å²) in [4.78, 5) is 113. The minimum Gasteiger partial charge on any atom is -0.495 e. The normalized spacial score (nSPS) is 23.9. The first-order chi connectivity index (χ1) is 41.0. The number of amides is 8. The summed E-state index contributed by atoms with van der Waals surface area (Å²) in [7, 11) is 4.40. The quantitative estimate of drug-likeness (QED) is 0.0119. The molecule has 26 heteroatoms. The number of benzene rings is 2. The molecule has 6 rings (SSSR count). The van der Waals surface area contributed by atoms with Crippen molar-refractivity contribution < 1.29 is 71.9 Å². The van der Waals surface area contributed by atoms with Crippen molar-refractivity contribution >= 4 is 103 Å². The van der Waals surface area contributed by atoms with Crippen molar-refractivity contribution in [2.75, 3.05) is 48.7 Å². The summed E-state index contributed by atoms with van der Waals surface area (Å²) >= 11 is 10.1. The van der Waals surface area contributed by atoms with Gasteiger partial charge < -0.3 is 65.4 Å². The summed E-state index contributed by atoms with van der Waals surface area (Å²) in [5.74, 6) is -3.44. The van der Waals surface area contributed by atoms with Crippen molar-refractivity contribution in [1.29, 1.82) is 0 Å². The zero-order chi connectivity index (χ0) is 64.1. The number of methoxy groups -OCH3 is 2. The molecule has 0 saturated carbocycles. The first kappa shape index (κ1) is 68.8. The first-order valence-electron chi connectivity index (χ1n) is 28.7. The number of alkyl carbamates (subject to hydrolysis) is 1. The topological polar surface area (TPSA) is 330 Å². The number of aliphatic hydroxyl groups is 1.